The number of carbonyl (C=O) groups excluding carboxylic acids is 1. The zero-order valence-corrected chi connectivity index (χ0v) is 18.0. The van der Waals surface area contributed by atoms with Gasteiger partial charge in [0, 0.05) is 26.6 Å². The number of rotatable bonds is 5. The van der Waals surface area contributed by atoms with Crippen LogP contribution in [0.5, 0.6) is 0 Å². The topological polar surface area (TPSA) is 109 Å². The van der Waals surface area contributed by atoms with Gasteiger partial charge < -0.3 is 19.8 Å². The SMILES string of the molecule is Cn1c(=O)oc2ccc(-c3ccc(C[C@@H](C#N)NC(=O)C4CNCCCCO4)cc3)cc21. The Hall–Kier alpha value is -3.41. The summed E-state index contributed by atoms with van der Waals surface area (Å²) in [4.78, 5) is 24.2. The lowest BCUT2D eigenvalue weighted by Gasteiger charge is -2.22. The van der Waals surface area contributed by atoms with Gasteiger partial charge in [0.2, 0.25) is 0 Å². The lowest BCUT2D eigenvalue weighted by Crippen LogP contribution is -2.47. The van der Waals surface area contributed by atoms with Crippen LogP contribution in [0.3, 0.4) is 0 Å². The maximum absolute atomic E-state index is 12.5. The molecule has 8 heteroatoms. The first-order valence-electron chi connectivity index (χ1n) is 10.8. The van der Waals surface area contributed by atoms with Crippen molar-refractivity contribution in [3.63, 3.8) is 0 Å². The number of aromatic nitrogens is 1. The first-order valence-corrected chi connectivity index (χ1v) is 10.8. The number of hydrogen-bond donors (Lipinski definition) is 2. The number of nitrogens with one attached hydrogen (secondary N) is 2. The van der Waals surface area contributed by atoms with Gasteiger partial charge in [0.25, 0.3) is 5.91 Å². The molecule has 32 heavy (non-hydrogen) atoms. The summed E-state index contributed by atoms with van der Waals surface area (Å²) >= 11 is 0. The molecule has 3 aromatic rings. The highest BCUT2D eigenvalue weighted by molar-refractivity contribution is 5.82. The maximum Gasteiger partial charge on any atom is 0.419 e. The van der Waals surface area contributed by atoms with E-state index in [0.29, 0.717) is 25.2 Å². The van der Waals surface area contributed by atoms with Crippen molar-refractivity contribution in [2.45, 2.75) is 31.4 Å². The zero-order chi connectivity index (χ0) is 22.5. The number of fused-ring (bicyclic) bond motifs is 1. The number of amides is 1. The standard InChI is InChI=1S/C24H26N4O4/c1-28-20-13-18(8-9-21(20)32-24(28)30)17-6-4-16(5-7-17)12-19(14-25)27-23(29)22-15-26-10-2-3-11-31-22/h4-9,13,19,22,26H,2-3,10-12,15H2,1H3,(H,27,29)/t19-,22?/m0/s1. The van der Waals surface area contributed by atoms with Crippen molar-refractivity contribution in [3.8, 4) is 17.2 Å². The molecule has 4 rings (SSSR count). The van der Waals surface area contributed by atoms with E-state index in [2.05, 4.69) is 16.7 Å². The van der Waals surface area contributed by atoms with E-state index in [0.717, 1.165) is 41.6 Å². The van der Waals surface area contributed by atoms with Gasteiger partial charge in [-0.05, 0) is 48.2 Å². The van der Waals surface area contributed by atoms with Crippen molar-refractivity contribution in [2.75, 3.05) is 19.7 Å². The molecule has 2 atom stereocenters. The Morgan fingerprint density at radius 3 is 2.81 bits per heavy atom. The second-order valence-corrected chi connectivity index (χ2v) is 7.97. The Morgan fingerprint density at radius 1 is 1.25 bits per heavy atom. The number of nitriles is 1. The van der Waals surface area contributed by atoms with Crippen molar-refractivity contribution in [2.24, 2.45) is 7.05 Å². The summed E-state index contributed by atoms with van der Waals surface area (Å²) in [7, 11) is 1.68. The summed E-state index contributed by atoms with van der Waals surface area (Å²) in [6, 6.07) is 15.0. The summed E-state index contributed by atoms with van der Waals surface area (Å²) in [5.41, 5.74) is 4.16. The highest BCUT2D eigenvalue weighted by Gasteiger charge is 2.23. The van der Waals surface area contributed by atoms with E-state index in [9.17, 15) is 14.9 Å². The van der Waals surface area contributed by atoms with E-state index in [-0.39, 0.29) is 5.91 Å². The third-order valence-electron chi connectivity index (χ3n) is 5.68. The molecule has 2 aromatic carbocycles. The number of aryl methyl sites for hydroxylation is 1. The molecule has 1 aliphatic rings. The second-order valence-electron chi connectivity index (χ2n) is 7.97. The number of oxazole rings is 1. The molecule has 166 valence electrons. The van der Waals surface area contributed by atoms with Crippen LogP contribution in [0.25, 0.3) is 22.2 Å². The largest absolute Gasteiger partial charge is 0.419 e. The molecule has 0 saturated carbocycles. The van der Waals surface area contributed by atoms with E-state index >= 15 is 0 Å². The van der Waals surface area contributed by atoms with Crippen molar-refractivity contribution < 1.29 is 13.9 Å². The van der Waals surface area contributed by atoms with Gasteiger partial charge in [-0.15, -0.1) is 0 Å². The van der Waals surface area contributed by atoms with E-state index in [4.69, 9.17) is 9.15 Å². The molecular formula is C24H26N4O4. The van der Waals surface area contributed by atoms with Gasteiger partial charge in [0.1, 0.15) is 12.1 Å². The van der Waals surface area contributed by atoms with Crippen molar-refractivity contribution in [3.05, 3.63) is 58.6 Å². The van der Waals surface area contributed by atoms with Crippen molar-refractivity contribution >= 4 is 17.0 Å². The van der Waals surface area contributed by atoms with Crippen LogP contribution in [0, 0.1) is 11.3 Å². The Kier molecular flexibility index (Phi) is 6.69. The molecule has 0 spiro atoms. The molecule has 1 unspecified atom stereocenters. The van der Waals surface area contributed by atoms with Gasteiger partial charge in [-0.2, -0.15) is 5.26 Å². The molecule has 1 aromatic heterocycles. The van der Waals surface area contributed by atoms with Crippen LogP contribution in [-0.4, -0.2) is 42.3 Å². The van der Waals surface area contributed by atoms with E-state index in [1.54, 1.807) is 13.1 Å². The molecule has 1 fully saturated rings. The highest BCUT2D eigenvalue weighted by Crippen LogP contribution is 2.24. The number of ether oxygens (including phenoxy) is 1. The predicted octanol–water partition coefficient (Wildman–Crippen LogP) is 2.12. The second kappa shape index (κ2) is 9.81. The Balaban J connectivity index is 1.42. The first-order chi connectivity index (χ1) is 15.5. The first kappa shape index (κ1) is 21.8. The van der Waals surface area contributed by atoms with Gasteiger partial charge in [-0.3, -0.25) is 9.36 Å². The van der Waals surface area contributed by atoms with Gasteiger partial charge >= 0.3 is 5.76 Å². The lowest BCUT2D eigenvalue weighted by atomic mass is 10.0. The smallest absolute Gasteiger partial charge is 0.408 e. The fraction of sp³-hybridized carbons (Fsp3) is 0.375. The molecule has 8 nitrogen and oxygen atoms in total. The van der Waals surface area contributed by atoms with Crippen LogP contribution in [0.1, 0.15) is 18.4 Å². The average Bonchev–Trinajstić information content (AvgIpc) is 3.06. The normalized spacial score (nSPS) is 17.8. The summed E-state index contributed by atoms with van der Waals surface area (Å²) in [6.45, 7) is 1.87. The minimum Gasteiger partial charge on any atom is -0.408 e. The summed E-state index contributed by atoms with van der Waals surface area (Å²) in [5, 5.41) is 15.5. The molecule has 2 heterocycles. The van der Waals surface area contributed by atoms with Crippen molar-refractivity contribution in [1.29, 1.82) is 5.26 Å². The molecule has 1 amide bonds. The fourth-order valence-corrected chi connectivity index (χ4v) is 3.81. The van der Waals surface area contributed by atoms with Gasteiger partial charge in [0.15, 0.2) is 5.58 Å². The van der Waals surface area contributed by atoms with E-state index < -0.39 is 17.9 Å². The maximum atomic E-state index is 12.5. The Bertz CT molecular complexity index is 1180. The highest BCUT2D eigenvalue weighted by atomic mass is 16.5. The minimum atomic E-state index is -0.640. The molecule has 0 aliphatic carbocycles. The molecular weight excluding hydrogens is 408 g/mol. The fourth-order valence-electron chi connectivity index (χ4n) is 3.81. The Morgan fingerprint density at radius 2 is 2.03 bits per heavy atom. The van der Waals surface area contributed by atoms with Crippen LogP contribution in [0.2, 0.25) is 0 Å². The minimum absolute atomic E-state index is 0.262. The lowest BCUT2D eigenvalue weighted by molar-refractivity contribution is -0.133. The van der Waals surface area contributed by atoms with E-state index in [1.165, 1.54) is 4.57 Å². The van der Waals surface area contributed by atoms with Crippen LogP contribution in [0.4, 0.5) is 0 Å². The molecule has 0 bridgehead atoms. The number of carbonyl (C=O) groups is 1. The van der Waals surface area contributed by atoms with Crippen LogP contribution < -0.4 is 16.4 Å². The summed E-state index contributed by atoms with van der Waals surface area (Å²) < 4.78 is 12.3. The average molecular weight is 434 g/mol. The zero-order valence-electron chi connectivity index (χ0n) is 18.0. The summed E-state index contributed by atoms with van der Waals surface area (Å²) in [6.07, 6.45) is 1.76. The molecule has 0 radical (unpaired) electrons. The number of benzene rings is 2. The third kappa shape index (κ3) is 4.90. The van der Waals surface area contributed by atoms with Gasteiger partial charge in [-0.1, -0.05) is 30.3 Å². The molecule has 2 N–H and O–H groups in total. The van der Waals surface area contributed by atoms with Crippen LogP contribution in [0.15, 0.2) is 51.7 Å². The number of nitrogens with zero attached hydrogens (tertiary/aromatic N) is 2. The van der Waals surface area contributed by atoms with E-state index in [1.807, 2.05) is 36.4 Å². The third-order valence-corrected chi connectivity index (χ3v) is 5.68. The Labute approximate surface area is 185 Å². The molecule has 1 saturated heterocycles. The molecule has 1 aliphatic heterocycles. The number of hydrogen-bond acceptors (Lipinski definition) is 6. The van der Waals surface area contributed by atoms with Gasteiger partial charge in [0.05, 0.1) is 11.6 Å². The monoisotopic (exact) mass is 434 g/mol. The predicted molar refractivity (Wildman–Crippen MR) is 120 cm³/mol. The van der Waals surface area contributed by atoms with Crippen LogP contribution >= 0.6 is 0 Å². The van der Waals surface area contributed by atoms with Crippen molar-refractivity contribution in [1.82, 2.24) is 15.2 Å². The summed E-state index contributed by atoms with van der Waals surface area (Å²) in [5.74, 6) is -0.653. The van der Waals surface area contributed by atoms with Gasteiger partial charge in [-0.25, -0.2) is 4.79 Å². The quantitative estimate of drug-likeness (QED) is 0.637. The van der Waals surface area contributed by atoms with Crippen LogP contribution in [-0.2, 0) is 23.0 Å².